The molecule has 0 bridgehead atoms. The molecule has 1 aromatic rings. The van der Waals surface area contributed by atoms with Crippen LogP contribution in [0.2, 0.25) is 0 Å². The van der Waals surface area contributed by atoms with E-state index in [-0.39, 0.29) is 15.9 Å². The maximum Gasteiger partial charge on any atom is 0.265 e. The predicted molar refractivity (Wildman–Crippen MR) is 44.7 cm³/mol. The van der Waals surface area contributed by atoms with Gasteiger partial charge in [0.1, 0.15) is 5.82 Å². The lowest BCUT2D eigenvalue weighted by Crippen LogP contribution is -2.08. The highest BCUT2D eigenvalue weighted by Crippen LogP contribution is 2.27. The Kier molecular flexibility index (Phi) is 2.93. The molecule has 1 rings (SSSR count). The minimum Gasteiger partial charge on any atom is -0.308 e. The first-order chi connectivity index (χ1) is 5.65. The number of aromatic nitrogens is 1. The van der Waals surface area contributed by atoms with Crippen LogP contribution in [-0.4, -0.2) is 4.98 Å². The van der Waals surface area contributed by atoms with Gasteiger partial charge in [0.15, 0.2) is 0 Å². The Morgan fingerprint density at radius 2 is 2.25 bits per heavy atom. The van der Waals surface area contributed by atoms with Gasteiger partial charge in [-0.05, 0) is 22.0 Å². The normalized spacial score (nSPS) is 10.4. The van der Waals surface area contributed by atoms with Gasteiger partial charge in [0, 0.05) is 16.2 Å². The number of anilines is 1. The van der Waals surface area contributed by atoms with Crippen molar-refractivity contribution in [2.45, 2.75) is 6.43 Å². The number of pyridine rings is 1. The summed E-state index contributed by atoms with van der Waals surface area (Å²) in [4.78, 5) is 3.72. The lowest BCUT2D eigenvalue weighted by Gasteiger charge is -2.04. The smallest absolute Gasteiger partial charge is 0.265 e. The number of hydrazine groups is 1. The average Bonchev–Trinajstić information content (AvgIpc) is 2.05. The second-order valence-corrected chi connectivity index (χ2v) is 2.89. The molecule has 0 radical (unpaired) electrons. The van der Waals surface area contributed by atoms with Crippen LogP contribution >= 0.6 is 15.9 Å². The number of hydrogen-bond acceptors (Lipinski definition) is 3. The molecule has 0 fully saturated rings. The number of halogens is 3. The maximum atomic E-state index is 12.2. The van der Waals surface area contributed by atoms with Crippen LogP contribution in [0, 0.1) is 0 Å². The van der Waals surface area contributed by atoms with Gasteiger partial charge in [-0.25, -0.2) is 19.6 Å². The van der Waals surface area contributed by atoms with Gasteiger partial charge in [-0.3, -0.25) is 0 Å². The molecule has 0 atom stereocenters. The van der Waals surface area contributed by atoms with Crippen molar-refractivity contribution < 1.29 is 8.78 Å². The first-order valence-electron chi connectivity index (χ1n) is 3.05. The van der Waals surface area contributed by atoms with Crippen molar-refractivity contribution in [1.82, 2.24) is 4.98 Å². The van der Waals surface area contributed by atoms with E-state index >= 15 is 0 Å². The molecule has 12 heavy (non-hydrogen) atoms. The molecule has 3 N–H and O–H groups in total. The number of nitrogens with one attached hydrogen (secondary N) is 1. The van der Waals surface area contributed by atoms with E-state index in [2.05, 4.69) is 26.3 Å². The van der Waals surface area contributed by atoms with Gasteiger partial charge in [0.25, 0.3) is 6.43 Å². The molecule has 0 aromatic carbocycles. The Hall–Kier alpha value is -0.750. The van der Waals surface area contributed by atoms with E-state index in [1.165, 1.54) is 12.3 Å². The van der Waals surface area contributed by atoms with Crippen molar-refractivity contribution in [2.75, 3.05) is 5.43 Å². The first-order valence-corrected chi connectivity index (χ1v) is 3.84. The third-order valence-corrected chi connectivity index (χ3v) is 1.93. The quantitative estimate of drug-likeness (QED) is 0.612. The van der Waals surface area contributed by atoms with Crippen LogP contribution in [0.4, 0.5) is 14.6 Å². The molecule has 1 aromatic heterocycles. The van der Waals surface area contributed by atoms with Crippen molar-refractivity contribution in [3.63, 3.8) is 0 Å². The average molecular weight is 238 g/mol. The SMILES string of the molecule is NNc1cc(C(F)F)c(Br)cn1. The fraction of sp³-hybridized carbons (Fsp3) is 0.167. The van der Waals surface area contributed by atoms with Gasteiger partial charge in [-0.2, -0.15) is 0 Å². The second kappa shape index (κ2) is 3.77. The zero-order valence-corrected chi connectivity index (χ0v) is 7.48. The molecule has 1 heterocycles. The highest BCUT2D eigenvalue weighted by Gasteiger charge is 2.12. The van der Waals surface area contributed by atoms with Crippen LogP contribution in [-0.2, 0) is 0 Å². The molecular formula is C6H6BrF2N3. The standard InChI is InChI=1S/C6H6BrF2N3/c7-4-2-11-5(12-10)1-3(4)6(8)9/h1-2,6H,10H2,(H,11,12). The number of alkyl halides is 2. The first kappa shape index (κ1) is 9.34. The van der Waals surface area contributed by atoms with Gasteiger partial charge >= 0.3 is 0 Å². The summed E-state index contributed by atoms with van der Waals surface area (Å²) in [7, 11) is 0. The molecule has 0 aliphatic carbocycles. The summed E-state index contributed by atoms with van der Waals surface area (Å²) in [6.45, 7) is 0. The second-order valence-electron chi connectivity index (χ2n) is 2.04. The Morgan fingerprint density at radius 3 is 2.75 bits per heavy atom. The highest BCUT2D eigenvalue weighted by molar-refractivity contribution is 9.10. The van der Waals surface area contributed by atoms with E-state index < -0.39 is 6.43 Å². The Bertz CT molecular complexity index is 279. The Labute approximate surface area is 76.1 Å². The zero-order chi connectivity index (χ0) is 9.14. The van der Waals surface area contributed by atoms with Gasteiger partial charge in [0.2, 0.25) is 0 Å². The minimum atomic E-state index is -2.53. The highest BCUT2D eigenvalue weighted by atomic mass is 79.9. The molecule has 0 spiro atoms. The number of nitrogens with two attached hydrogens (primary N) is 1. The lowest BCUT2D eigenvalue weighted by atomic mass is 10.3. The van der Waals surface area contributed by atoms with Gasteiger partial charge in [-0.1, -0.05) is 0 Å². The summed E-state index contributed by atoms with van der Waals surface area (Å²) in [5.41, 5.74) is 2.06. The topological polar surface area (TPSA) is 50.9 Å². The summed E-state index contributed by atoms with van der Waals surface area (Å²) < 4.78 is 24.7. The molecule has 3 nitrogen and oxygen atoms in total. The van der Waals surface area contributed by atoms with Crippen LogP contribution in [0.15, 0.2) is 16.7 Å². The van der Waals surface area contributed by atoms with Crippen molar-refractivity contribution in [3.05, 3.63) is 22.3 Å². The summed E-state index contributed by atoms with van der Waals surface area (Å²) in [6.07, 6.45) is -1.26. The lowest BCUT2D eigenvalue weighted by molar-refractivity contribution is 0.150. The van der Waals surface area contributed by atoms with Crippen LogP contribution in [0.25, 0.3) is 0 Å². The van der Waals surface area contributed by atoms with E-state index in [1.54, 1.807) is 0 Å². The van der Waals surface area contributed by atoms with Gasteiger partial charge < -0.3 is 5.43 Å². The number of hydrogen-bond donors (Lipinski definition) is 2. The van der Waals surface area contributed by atoms with E-state index in [4.69, 9.17) is 5.84 Å². The van der Waals surface area contributed by atoms with Crippen molar-refractivity contribution >= 4 is 21.7 Å². The van der Waals surface area contributed by atoms with Crippen molar-refractivity contribution in [3.8, 4) is 0 Å². The molecule has 0 aliphatic rings. The predicted octanol–water partition coefficient (Wildman–Crippen LogP) is 2.07. The summed E-state index contributed by atoms with van der Waals surface area (Å²) in [6, 6.07) is 1.19. The molecule has 0 saturated heterocycles. The zero-order valence-electron chi connectivity index (χ0n) is 5.89. The fourth-order valence-corrected chi connectivity index (χ4v) is 1.09. The van der Waals surface area contributed by atoms with Crippen LogP contribution < -0.4 is 11.3 Å². The third-order valence-electron chi connectivity index (χ3n) is 1.27. The van der Waals surface area contributed by atoms with E-state index in [0.717, 1.165) is 0 Å². The van der Waals surface area contributed by atoms with Gasteiger partial charge in [-0.15, -0.1) is 0 Å². The van der Waals surface area contributed by atoms with Crippen LogP contribution in [0.5, 0.6) is 0 Å². The van der Waals surface area contributed by atoms with E-state index in [1.807, 2.05) is 0 Å². The summed E-state index contributed by atoms with van der Waals surface area (Å²) in [5, 5.41) is 0. The molecule has 0 saturated carbocycles. The molecule has 6 heteroatoms. The maximum absolute atomic E-state index is 12.2. The molecular weight excluding hydrogens is 232 g/mol. The van der Waals surface area contributed by atoms with Crippen molar-refractivity contribution in [2.24, 2.45) is 5.84 Å². The number of nitrogen functional groups attached to an aromatic ring is 1. The number of rotatable bonds is 2. The molecule has 0 amide bonds. The molecule has 66 valence electrons. The van der Waals surface area contributed by atoms with E-state index in [9.17, 15) is 8.78 Å². The summed E-state index contributed by atoms with van der Waals surface area (Å²) >= 11 is 2.95. The van der Waals surface area contributed by atoms with Crippen molar-refractivity contribution in [1.29, 1.82) is 0 Å². The van der Waals surface area contributed by atoms with Gasteiger partial charge in [0.05, 0.1) is 0 Å². The fourth-order valence-electron chi connectivity index (χ4n) is 0.700. The Morgan fingerprint density at radius 1 is 1.58 bits per heavy atom. The third kappa shape index (κ3) is 1.89. The van der Waals surface area contributed by atoms with Crippen LogP contribution in [0.1, 0.15) is 12.0 Å². The number of nitrogens with zero attached hydrogens (tertiary/aromatic N) is 1. The molecule has 0 aliphatic heterocycles. The summed E-state index contributed by atoms with van der Waals surface area (Å²) in [5.74, 6) is 5.21. The minimum absolute atomic E-state index is 0.127. The Balaban J connectivity index is 3.08. The van der Waals surface area contributed by atoms with Crippen LogP contribution in [0.3, 0.4) is 0 Å². The van der Waals surface area contributed by atoms with E-state index in [0.29, 0.717) is 0 Å². The molecule has 0 unspecified atom stereocenters. The monoisotopic (exact) mass is 237 g/mol. The largest absolute Gasteiger partial charge is 0.308 e.